The third kappa shape index (κ3) is 3.08. The Morgan fingerprint density at radius 2 is 1.83 bits per heavy atom. The zero-order chi connectivity index (χ0) is 14.1. The second kappa shape index (κ2) is 5.63. The molecule has 0 fully saturated rings. The first-order valence-corrected chi connectivity index (χ1v) is 6.33. The van der Waals surface area contributed by atoms with Crippen LogP contribution >= 0.6 is 15.9 Å². The summed E-state index contributed by atoms with van der Waals surface area (Å²) < 4.78 is 32.9. The lowest BCUT2D eigenvalue weighted by Gasteiger charge is -2.33. The Balaban J connectivity index is 3.25. The Labute approximate surface area is 114 Å². The summed E-state index contributed by atoms with van der Waals surface area (Å²) in [5, 5.41) is 10.2. The van der Waals surface area contributed by atoms with Crippen molar-refractivity contribution in [1.29, 1.82) is 0 Å². The number of hydrogen-bond acceptors (Lipinski definition) is 2. The standard InChI is InChI=1S/C13H17BrF2O2/c1-13(2,3)12(18-4)11(17)9-8(15)6-5-7(14)10(9)16/h5-6,11-12,17H,1-4H3. The second-order valence-electron chi connectivity index (χ2n) is 5.22. The fraction of sp³-hybridized carbons (Fsp3) is 0.538. The molecule has 1 aromatic rings. The molecule has 1 rings (SSSR count). The van der Waals surface area contributed by atoms with Crippen molar-refractivity contribution in [3.8, 4) is 0 Å². The lowest BCUT2D eigenvalue weighted by atomic mass is 9.83. The van der Waals surface area contributed by atoms with E-state index in [0.29, 0.717) is 0 Å². The third-order valence-electron chi connectivity index (χ3n) is 2.77. The molecule has 2 atom stereocenters. The van der Waals surface area contributed by atoms with Crippen LogP contribution in [0.1, 0.15) is 32.4 Å². The molecule has 2 nitrogen and oxygen atoms in total. The first-order valence-electron chi connectivity index (χ1n) is 5.54. The molecule has 0 saturated heterocycles. The molecule has 1 N–H and O–H groups in total. The van der Waals surface area contributed by atoms with Gasteiger partial charge in [0.25, 0.3) is 0 Å². The molecule has 0 amide bonds. The van der Waals surface area contributed by atoms with Crippen LogP contribution in [-0.4, -0.2) is 18.3 Å². The number of hydrogen-bond donors (Lipinski definition) is 1. The van der Waals surface area contributed by atoms with Gasteiger partial charge in [0, 0.05) is 7.11 Å². The molecule has 0 bridgehead atoms. The Morgan fingerprint density at radius 1 is 1.28 bits per heavy atom. The summed E-state index contributed by atoms with van der Waals surface area (Å²) in [6, 6.07) is 2.38. The summed E-state index contributed by atoms with van der Waals surface area (Å²) in [7, 11) is 1.41. The molecule has 0 aromatic heterocycles. The number of ether oxygens (including phenoxy) is 1. The Kier molecular flexibility index (Phi) is 4.86. The zero-order valence-corrected chi connectivity index (χ0v) is 12.4. The molecule has 0 saturated carbocycles. The molecule has 18 heavy (non-hydrogen) atoms. The van der Waals surface area contributed by atoms with E-state index in [1.54, 1.807) is 0 Å². The molecule has 0 aliphatic rings. The van der Waals surface area contributed by atoms with Gasteiger partial charge in [0.15, 0.2) is 0 Å². The average molecular weight is 323 g/mol. The van der Waals surface area contributed by atoms with Crippen molar-refractivity contribution in [3.05, 3.63) is 33.8 Å². The lowest BCUT2D eigenvalue weighted by molar-refractivity contribution is -0.0748. The van der Waals surface area contributed by atoms with Crippen LogP contribution in [0.2, 0.25) is 0 Å². The molecule has 0 radical (unpaired) electrons. The van der Waals surface area contributed by atoms with Gasteiger partial charge in [-0.25, -0.2) is 8.78 Å². The van der Waals surface area contributed by atoms with Gasteiger partial charge in [-0.05, 0) is 33.5 Å². The largest absolute Gasteiger partial charge is 0.385 e. The van der Waals surface area contributed by atoms with Gasteiger partial charge in [0.1, 0.15) is 17.7 Å². The van der Waals surface area contributed by atoms with E-state index in [0.717, 1.165) is 6.07 Å². The predicted molar refractivity (Wildman–Crippen MR) is 69.3 cm³/mol. The molecule has 0 spiro atoms. The fourth-order valence-corrected chi connectivity index (χ4v) is 2.27. The minimum atomic E-state index is -1.37. The highest BCUT2D eigenvalue weighted by Crippen LogP contribution is 2.36. The van der Waals surface area contributed by atoms with Crippen molar-refractivity contribution in [3.63, 3.8) is 0 Å². The fourth-order valence-electron chi connectivity index (χ4n) is 1.92. The maximum Gasteiger partial charge on any atom is 0.146 e. The van der Waals surface area contributed by atoms with Crippen LogP contribution in [0.25, 0.3) is 0 Å². The quantitative estimate of drug-likeness (QED) is 0.857. The van der Waals surface area contributed by atoms with Crippen molar-refractivity contribution < 1.29 is 18.6 Å². The Bertz CT molecular complexity index is 430. The highest BCUT2D eigenvalue weighted by atomic mass is 79.9. The molecule has 0 aliphatic carbocycles. The van der Waals surface area contributed by atoms with E-state index < -0.39 is 29.3 Å². The van der Waals surface area contributed by atoms with Crippen molar-refractivity contribution in [2.24, 2.45) is 5.41 Å². The van der Waals surface area contributed by atoms with Gasteiger partial charge in [0.2, 0.25) is 0 Å². The highest BCUT2D eigenvalue weighted by molar-refractivity contribution is 9.10. The second-order valence-corrected chi connectivity index (χ2v) is 6.08. The highest BCUT2D eigenvalue weighted by Gasteiger charge is 2.35. The van der Waals surface area contributed by atoms with E-state index in [1.807, 2.05) is 20.8 Å². The van der Waals surface area contributed by atoms with Crippen molar-refractivity contribution in [2.75, 3.05) is 7.11 Å². The third-order valence-corrected chi connectivity index (χ3v) is 3.38. The van der Waals surface area contributed by atoms with E-state index in [1.165, 1.54) is 13.2 Å². The monoisotopic (exact) mass is 322 g/mol. The van der Waals surface area contributed by atoms with Crippen LogP contribution in [0, 0.1) is 17.0 Å². The average Bonchev–Trinajstić information content (AvgIpc) is 2.23. The van der Waals surface area contributed by atoms with Gasteiger partial charge in [0.05, 0.1) is 16.1 Å². The minimum absolute atomic E-state index is 0.113. The van der Waals surface area contributed by atoms with Crippen molar-refractivity contribution >= 4 is 15.9 Å². The van der Waals surface area contributed by atoms with Gasteiger partial charge < -0.3 is 9.84 Å². The van der Waals surface area contributed by atoms with E-state index in [2.05, 4.69) is 15.9 Å². The molecule has 0 aliphatic heterocycles. The number of aliphatic hydroxyl groups excluding tert-OH is 1. The van der Waals surface area contributed by atoms with Crippen molar-refractivity contribution in [2.45, 2.75) is 33.0 Å². The number of halogens is 3. The van der Waals surface area contributed by atoms with Crippen LogP contribution in [0.3, 0.4) is 0 Å². The molecule has 0 heterocycles. The predicted octanol–water partition coefficient (Wildman–Crippen LogP) is 3.82. The Morgan fingerprint density at radius 3 is 2.28 bits per heavy atom. The first-order chi connectivity index (χ1) is 8.20. The molecule has 102 valence electrons. The van der Waals surface area contributed by atoms with E-state index in [4.69, 9.17) is 4.74 Å². The molecule has 5 heteroatoms. The summed E-state index contributed by atoms with van der Waals surface area (Å²) in [6.07, 6.45) is -2.08. The summed E-state index contributed by atoms with van der Waals surface area (Å²) in [5.74, 6) is -1.58. The van der Waals surface area contributed by atoms with Crippen LogP contribution in [0.4, 0.5) is 8.78 Å². The smallest absolute Gasteiger partial charge is 0.146 e. The molecule has 2 unspecified atom stereocenters. The summed E-state index contributed by atoms with van der Waals surface area (Å²) in [6.45, 7) is 5.49. The van der Waals surface area contributed by atoms with Gasteiger partial charge in [-0.2, -0.15) is 0 Å². The Hall–Kier alpha value is -0.520. The first kappa shape index (κ1) is 15.5. The minimum Gasteiger partial charge on any atom is -0.385 e. The number of methoxy groups -OCH3 is 1. The van der Waals surface area contributed by atoms with Crippen molar-refractivity contribution in [1.82, 2.24) is 0 Å². The van der Waals surface area contributed by atoms with Gasteiger partial charge in [-0.15, -0.1) is 0 Å². The number of benzene rings is 1. The van der Waals surface area contributed by atoms with E-state index in [9.17, 15) is 13.9 Å². The topological polar surface area (TPSA) is 29.5 Å². The van der Waals surface area contributed by atoms with E-state index in [-0.39, 0.29) is 10.0 Å². The lowest BCUT2D eigenvalue weighted by Crippen LogP contribution is -2.35. The van der Waals surface area contributed by atoms with E-state index >= 15 is 0 Å². The van der Waals surface area contributed by atoms with Crippen LogP contribution in [-0.2, 0) is 4.74 Å². The summed E-state index contributed by atoms with van der Waals surface area (Å²) in [5.41, 5.74) is -0.818. The zero-order valence-electron chi connectivity index (χ0n) is 10.8. The maximum atomic E-state index is 13.9. The molecule has 1 aromatic carbocycles. The van der Waals surface area contributed by atoms with Crippen LogP contribution in [0.15, 0.2) is 16.6 Å². The normalized spacial score (nSPS) is 15.6. The van der Waals surface area contributed by atoms with Crippen LogP contribution in [0.5, 0.6) is 0 Å². The maximum absolute atomic E-state index is 13.9. The molecular weight excluding hydrogens is 306 g/mol. The van der Waals surface area contributed by atoms with Gasteiger partial charge in [-0.1, -0.05) is 20.8 Å². The number of aliphatic hydroxyl groups is 1. The molecular formula is C13H17BrF2O2. The van der Waals surface area contributed by atoms with Gasteiger partial charge in [-0.3, -0.25) is 0 Å². The number of rotatable bonds is 3. The summed E-state index contributed by atoms with van der Waals surface area (Å²) >= 11 is 2.98. The van der Waals surface area contributed by atoms with Gasteiger partial charge >= 0.3 is 0 Å². The SMILES string of the molecule is COC(C(O)c1c(F)ccc(Br)c1F)C(C)(C)C. The van der Waals surface area contributed by atoms with Crippen LogP contribution < -0.4 is 0 Å². The summed E-state index contributed by atoms with van der Waals surface area (Å²) in [4.78, 5) is 0.